The smallest absolute Gasteiger partial charge is 0.102 e. The molecule has 0 amide bonds. The second-order valence-electron chi connectivity index (χ2n) is 13.1. The van der Waals surface area contributed by atoms with Gasteiger partial charge in [-0.25, -0.2) is 0 Å². The molecule has 1 aliphatic rings. The van der Waals surface area contributed by atoms with Crippen LogP contribution in [0.25, 0.3) is 0 Å². The van der Waals surface area contributed by atoms with Crippen LogP contribution in [0.2, 0.25) is 0 Å². The van der Waals surface area contributed by atoms with Crippen molar-refractivity contribution >= 4 is 0 Å². The summed E-state index contributed by atoms with van der Waals surface area (Å²) in [6, 6.07) is 0. The van der Waals surface area contributed by atoms with E-state index in [0.717, 1.165) is 5.92 Å². The Morgan fingerprint density at radius 2 is 0.919 bits per heavy atom. The molecule has 0 heterocycles. The molecule has 0 aliphatic heterocycles. The molecule has 1 N–H and O–H groups in total. The summed E-state index contributed by atoms with van der Waals surface area (Å²) in [5, 5.41) is 0. The van der Waals surface area contributed by atoms with E-state index >= 15 is 0 Å². The minimum atomic E-state index is 0. The van der Waals surface area contributed by atoms with Crippen molar-refractivity contribution in [1.29, 1.82) is 0 Å². The van der Waals surface area contributed by atoms with Gasteiger partial charge in [-0.1, -0.05) is 143 Å². The van der Waals surface area contributed by atoms with Crippen LogP contribution in [0, 0.1) is 5.92 Å². The first kappa shape index (κ1) is 36.9. The van der Waals surface area contributed by atoms with Gasteiger partial charge in [-0.2, -0.15) is 0 Å². The first-order valence-corrected chi connectivity index (χ1v) is 17.4. The summed E-state index contributed by atoms with van der Waals surface area (Å²) >= 11 is 0. The van der Waals surface area contributed by atoms with Gasteiger partial charge in [-0.05, 0) is 38.5 Å². The third kappa shape index (κ3) is 14.2. The van der Waals surface area contributed by atoms with Crippen LogP contribution in [-0.2, 0) is 0 Å². The Morgan fingerprint density at radius 3 is 1.38 bits per heavy atom. The normalized spacial score (nSPS) is 17.8. The average molecular weight is 524 g/mol. The van der Waals surface area contributed by atoms with Gasteiger partial charge in [-0.3, -0.25) is 0 Å². The van der Waals surface area contributed by atoms with Crippen molar-refractivity contribution in [3.63, 3.8) is 0 Å². The molecule has 224 valence electrons. The van der Waals surface area contributed by atoms with Crippen molar-refractivity contribution < 1.29 is 9.96 Å². The quantitative estimate of drug-likeness (QED) is 0.0864. The van der Waals surface area contributed by atoms with E-state index in [-0.39, 0.29) is 5.48 Å². The fraction of sp³-hybridized carbons (Fsp3) is 1.00. The summed E-state index contributed by atoms with van der Waals surface area (Å²) in [6.07, 6.45) is 38.0. The van der Waals surface area contributed by atoms with Crippen LogP contribution in [0.3, 0.4) is 0 Å². The van der Waals surface area contributed by atoms with Gasteiger partial charge in [-0.15, -0.1) is 0 Å². The standard InChI is InChI=1S/C35H72N.H2O/c1-6-10-13-14-15-16-17-18-19-20-21-22-23-27-33-36(5,32-12-8-3)35(30-9-4,31-11-7-2)34-28-25-24-26-29-34;/h34H,6-33H2,1-5H3;1H2/q+1;/p-1. The van der Waals surface area contributed by atoms with Gasteiger partial charge < -0.3 is 9.96 Å². The Hall–Kier alpha value is -0.0800. The van der Waals surface area contributed by atoms with Gasteiger partial charge in [0, 0.05) is 18.8 Å². The zero-order chi connectivity index (χ0) is 26.4. The van der Waals surface area contributed by atoms with Crippen molar-refractivity contribution in [1.82, 2.24) is 0 Å². The number of nitrogens with zero attached hydrogens (tertiary/aromatic N) is 1. The molecule has 0 spiro atoms. The fourth-order valence-electron chi connectivity index (χ4n) is 7.79. The highest BCUT2D eigenvalue weighted by Gasteiger charge is 2.51. The first-order chi connectivity index (χ1) is 17.6. The van der Waals surface area contributed by atoms with Gasteiger partial charge >= 0.3 is 0 Å². The molecule has 1 rings (SSSR count). The maximum Gasteiger partial charge on any atom is 0.102 e. The molecule has 2 heteroatoms. The molecule has 2 unspecified atom stereocenters. The molecule has 2 atom stereocenters. The predicted octanol–water partition coefficient (Wildman–Crippen LogP) is 11.8. The minimum absolute atomic E-state index is 0. The fourth-order valence-corrected chi connectivity index (χ4v) is 7.79. The van der Waals surface area contributed by atoms with E-state index in [9.17, 15) is 0 Å². The van der Waals surface area contributed by atoms with Crippen molar-refractivity contribution in [2.75, 3.05) is 20.1 Å². The lowest BCUT2D eigenvalue weighted by Crippen LogP contribution is -2.66. The van der Waals surface area contributed by atoms with Crippen molar-refractivity contribution in [2.24, 2.45) is 5.92 Å². The van der Waals surface area contributed by atoms with E-state index in [1.54, 1.807) is 0 Å². The number of rotatable bonds is 25. The summed E-state index contributed by atoms with van der Waals surface area (Å²) < 4.78 is 1.40. The Kier molecular flexibility index (Phi) is 23.7. The lowest BCUT2D eigenvalue weighted by molar-refractivity contribution is -0.966. The van der Waals surface area contributed by atoms with Crippen LogP contribution >= 0.6 is 0 Å². The average Bonchev–Trinajstić information content (AvgIpc) is 2.90. The summed E-state index contributed by atoms with van der Waals surface area (Å²) in [5.41, 5.74) is 0.552. The SMILES string of the molecule is CCCCCCCCCCCCCCCC[N+](C)(CCCC)C(CCC)(CCCC)C1CCCCC1.[OH-]. The monoisotopic (exact) mass is 524 g/mol. The van der Waals surface area contributed by atoms with Crippen LogP contribution in [0.5, 0.6) is 0 Å². The van der Waals surface area contributed by atoms with E-state index in [1.807, 2.05) is 0 Å². The van der Waals surface area contributed by atoms with E-state index in [4.69, 9.17) is 0 Å². The molecular weight excluding hydrogens is 450 g/mol. The topological polar surface area (TPSA) is 30.0 Å². The lowest BCUT2D eigenvalue weighted by atomic mass is 9.67. The van der Waals surface area contributed by atoms with Gasteiger partial charge in [0.1, 0.15) is 5.54 Å². The summed E-state index contributed by atoms with van der Waals surface area (Å²) in [5.74, 6) is 0.978. The molecule has 1 aliphatic carbocycles. The second kappa shape index (κ2) is 23.8. The van der Waals surface area contributed by atoms with Crippen LogP contribution in [-0.4, -0.2) is 35.6 Å². The molecule has 1 fully saturated rings. The van der Waals surface area contributed by atoms with Crippen LogP contribution in [0.15, 0.2) is 0 Å². The van der Waals surface area contributed by atoms with E-state index < -0.39 is 0 Å². The zero-order valence-corrected chi connectivity index (χ0v) is 26.8. The molecule has 0 bridgehead atoms. The third-order valence-electron chi connectivity index (χ3n) is 10.1. The maximum absolute atomic E-state index is 2.72. The molecular formula is C35H73NO. The van der Waals surface area contributed by atoms with E-state index in [2.05, 4.69) is 34.7 Å². The highest BCUT2D eigenvalue weighted by atomic mass is 16.0. The Balaban J connectivity index is 0.0000130. The predicted molar refractivity (Wildman–Crippen MR) is 167 cm³/mol. The van der Waals surface area contributed by atoms with Crippen LogP contribution < -0.4 is 0 Å². The maximum atomic E-state index is 2.72. The van der Waals surface area contributed by atoms with Gasteiger partial charge in [0.2, 0.25) is 0 Å². The zero-order valence-electron chi connectivity index (χ0n) is 26.8. The Bertz CT molecular complexity index is 474. The van der Waals surface area contributed by atoms with Gasteiger partial charge in [0.25, 0.3) is 0 Å². The molecule has 37 heavy (non-hydrogen) atoms. The van der Waals surface area contributed by atoms with Gasteiger partial charge in [0.05, 0.1) is 20.1 Å². The second-order valence-corrected chi connectivity index (χ2v) is 13.1. The lowest BCUT2D eigenvalue weighted by Gasteiger charge is -2.56. The molecule has 1 saturated carbocycles. The number of unbranched alkanes of at least 4 members (excludes halogenated alkanes) is 15. The molecule has 0 radical (unpaired) electrons. The Morgan fingerprint density at radius 1 is 0.486 bits per heavy atom. The number of hydrogen-bond donors (Lipinski definition) is 0. The van der Waals surface area contributed by atoms with Crippen LogP contribution in [0.4, 0.5) is 0 Å². The van der Waals surface area contributed by atoms with Crippen molar-refractivity contribution in [2.45, 2.75) is 200 Å². The van der Waals surface area contributed by atoms with Crippen molar-refractivity contribution in [3.05, 3.63) is 0 Å². The highest BCUT2D eigenvalue weighted by molar-refractivity contribution is 4.91. The van der Waals surface area contributed by atoms with E-state index in [0.29, 0.717) is 5.54 Å². The number of hydrogen-bond acceptors (Lipinski definition) is 1. The Labute approximate surface area is 236 Å². The summed E-state index contributed by atoms with van der Waals surface area (Å²) in [7, 11) is 2.72. The summed E-state index contributed by atoms with van der Waals surface area (Å²) in [6.45, 7) is 12.5. The van der Waals surface area contributed by atoms with Crippen LogP contribution in [0.1, 0.15) is 195 Å². The van der Waals surface area contributed by atoms with Gasteiger partial charge in [0.15, 0.2) is 0 Å². The summed E-state index contributed by atoms with van der Waals surface area (Å²) in [4.78, 5) is 0. The molecule has 0 saturated heterocycles. The largest absolute Gasteiger partial charge is 0.870 e. The molecule has 0 aromatic rings. The molecule has 0 aromatic heterocycles. The van der Waals surface area contributed by atoms with E-state index in [1.165, 1.54) is 185 Å². The van der Waals surface area contributed by atoms with Crippen molar-refractivity contribution in [3.8, 4) is 0 Å². The first-order valence-electron chi connectivity index (χ1n) is 17.4. The third-order valence-corrected chi connectivity index (χ3v) is 10.1. The number of quaternary nitrogens is 1. The molecule has 2 nitrogen and oxygen atoms in total. The molecule has 0 aromatic carbocycles. The highest BCUT2D eigenvalue weighted by Crippen LogP contribution is 2.46. The minimum Gasteiger partial charge on any atom is -0.870 e.